The van der Waals surface area contributed by atoms with Gasteiger partial charge in [0, 0.05) is 23.2 Å². The highest BCUT2D eigenvalue weighted by atomic mass is 32.2. The summed E-state index contributed by atoms with van der Waals surface area (Å²) < 4.78 is 106. The van der Waals surface area contributed by atoms with E-state index in [1.807, 2.05) is 0 Å². The number of fused-ring (bicyclic) bond motifs is 2. The molecule has 0 radical (unpaired) electrons. The molecule has 0 amide bonds. The lowest BCUT2D eigenvalue weighted by atomic mass is 10.0. The van der Waals surface area contributed by atoms with Crippen LogP contribution in [0.25, 0.3) is 32.7 Å². The van der Waals surface area contributed by atoms with Crippen molar-refractivity contribution in [3.8, 4) is 22.6 Å². The maximum absolute atomic E-state index is 12.4. The average Bonchev–Trinajstić information content (AvgIpc) is 3.22. The monoisotopic (exact) mass is 912 g/mol. The van der Waals surface area contributed by atoms with Gasteiger partial charge in [0.1, 0.15) is 37.0 Å². The van der Waals surface area contributed by atoms with Gasteiger partial charge < -0.3 is 26.2 Å². The fourth-order valence-corrected chi connectivity index (χ4v) is 8.16. The van der Waals surface area contributed by atoms with Crippen LogP contribution in [0.1, 0.15) is 0 Å². The van der Waals surface area contributed by atoms with Crippen LogP contribution < -0.4 is 11.5 Å². The molecule has 0 aliphatic heterocycles. The van der Waals surface area contributed by atoms with Gasteiger partial charge in [-0.05, 0) is 82.6 Å². The number of aromatic hydroxyl groups is 2. The molecule has 0 saturated heterocycles. The van der Waals surface area contributed by atoms with Gasteiger partial charge in [-0.15, -0.1) is 15.3 Å². The minimum absolute atomic E-state index is 0.0886. The van der Waals surface area contributed by atoms with Crippen LogP contribution in [0.2, 0.25) is 0 Å². The number of hydrogen-bond acceptors (Lipinski definition) is 19. The predicted octanol–water partition coefficient (Wildman–Crippen LogP) is 8.79. The Morgan fingerprint density at radius 1 is 0.540 bits per heavy atom. The van der Waals surface area contributed by atoms with Crippen LogP contribution in [0.4, 0.5) is 51.2 Å². The number of hydrogen-bond donors (Lipinski definition) is 6. The molecule has 7 aromatic carbocycles. The first kappa shape index (κ1) is 43.3. The topological polar surface area (TPSA) is 376 Å². The molecule has 63 heavy (non-hydrogen) atoms. The zero-order valence-corrected chi connectivity index (χ0v) is 33.8. The highest BCUT2D eigenvalue weighted by Gasteiger charge is 2.27. The summed E-state index contributed by atoms with van der Waals surface area (Å²) >= 11 is 0. The number of non-ortho nitro benzene ring substituents is 1. The largest absolute Gasteiger partial charge is 0.744 e. The molecule has 0 aliphatic rings. The standard InChI is InChI=1S/C38H27N9O13S3/c39-23-9-4-21-14-30(62(55,56)57)35(37(48)28(21)17-23)45-41-24-10-5-19(6-11-24)20-7-12-25(13-8-20)42-46-36-31(63(58,59)60)16-22-15-29(61(52,53)54)34(33(40)32(22)38(36)49)44-43-26-2-1-3-27(18-26)47(50)51/h1-18,48-49H,39-40H2,(H,52,53,54)(H,55,56,57)(H,58,59,60)/p-1. The van der Waals surface area contributed by atoms with Crippen molar-refractivity contribution < 1.29 is 54.0 Å². The first-order valence-corrected chi connectivity index (χ1v) is 21.7. The molecule has 0 saturated carbocycles. The lowest BCUT2D eigenvalue weighted by Crippen LogP contribution is -2.04. The normalized spacial score (nSPS) is 12.6. The number of anilines is 2. The lowest BCUT2D eigenvalue weighted by Gasteiger charge is -2.16. The second kappa shape index (κ2) is 16.2. The van der Waals surface area contributed by atoms with Crippen molar-refractivity contribution in [1.82, 2.24) is 0 Å². The zero-order valence-electron chi connectivity index (χ0n) is 31.4. The predicted molar refractivity (Wildman–Crippen MR) is 225 cm³/mol. The summed E-state index contributed by atoms with van der Waals surface area (Å²) in [6, 6.07) is 23.9. The molecule has 0 aromatic heterocycles. The van der Waals surface area contributed by atoms with E-state index in [4.69, 9.17) is 11.5 Å². The summed E-state index contributed by atoms with van der Waals surface area (Å²) in [5.41, 5.74) is 10.5. The molecule has 8 N–H and O–H groups in total. The Balaban J connectivity index is 1.20. The Labute approximate surface area is 354 Å². The molecule has 0 bridgehead atoms. The summed E-state index contributed by atoms with van der Waals surface area (Å²) in [6.07, 6.45) is 0. The smallest absolute Gasteiger partial charge is 0.296 e. The summed E-state index contributed by atoms with van der Waals surface area (Å²) in [7, 11) is -15.5. The van der Waals surface area contributed by atoms with Crippen molar-refractivity contribution in [2.24, 2.45) is 30.7 Å². The van der Waals surface area contributed by atoms with E-state index in [-0.39, 0.29) is 39.2 Å². The van der Waals surface area contributed by atoms with E-state index in [2.05, 4.69) is 30.7 Å². The van der Waals surface area contributed by atoms with Gasteiger partial charge in [-0.25, -0.2) is 8.42 Å². The maximum atomic E-state index is 12.4. The van der Waals surface area contributed by atoms with Gasteiger partial charge in [-0.2, -0.15) is 32.2 Å². The van der Waals surface area contributed by atoms with Crippen molar-refractivity contribution >= 4 is 103 Å². The quantitative estimate of drug-likeness (QED) is 0.0232. The molecule has 0 unspecified atom stereocenters. The number of nitrogens with two attached hydrogens (primary N) is 2. The van der Waals surface area contributed by atoms with Crippen molar-refractivity contribution in [2.75, 3.05) is 11.5 Å². The molecule has 0 fully saturated rings. The summed E-state index contributed by atoms with van der Waals surface area (Å²) in [4.78, 5) is 7.65. The summed E-state index contributed by atoms with van der Waals surface area (Å²) in [5.74, 6) is -1.61. The van der Waals surface area contributed by atoms with Crippen molar-refractivity contribution in [2.45, 2.75) is 14.7 Å². The van der Waals surface area contributed by atoms with Crippen LogP contribution in [0.15, 0.2) is 155 Å². The van der Waals surface area contributed by atoms with E-state index in [0.29, 0.717) is 23.3 Å². The minimum Gasteiger partial charge on any atom is -0.744 e. The van der Waals surface area contributed by atoms with E-state index in [9.17, 15) is 59.2 Å². The second-order valence-electron chi connectivity index (χ2n) is 13.2. The minimum atomic E-state index is -5.45. The molecular formula is C38H26N9O13S3-. The van der Waals surface area contributed by atoms with Crippen LogP contribution >= 0.6 is 0 Å². The molecule has 320 valence electrons. The van der Waals surface area contributed by atoms with Crippen LogP contribution in [-0.4, -0.2) is 54.0 Å². The Morgan fingerprint density at radius 3 is 1.57 bits per heavy atom. The Morgan fingerprint density at radius 2 is 1.03 bits per heavy atom. The van der Waals surface area contributed by atoms with E-state index < -0.39 is 95.0 Å². The Kier molecular flexibility index (Phi) is 11.2. The fraction of sp³-hybridized carbons (Fsp3) is 0. The number of nitrogen functional groups attached to an aromatic ring is 2. The fourth-order valence-electron chi connectivity index (χ4n) is 6.18. The number of rotatable bonds is 11. The number of nitro groups is 1. The Hall–Kier alpha value is -7.81. The van der Waals surface area contributed by atoms with Gasteiger partial charge in [0.25, 0.3) is 25.9 Å². The van der Waals surface area contributed by atoms with Crippen molar-refractivity contribution in [1.29, 1.82) is 0 Å². The first-order valence-electron chi connectivity index (χ1n) is 17.4. The van der Waals surface area contributed by atoms with Gasteiger partial charge in [-0.1, -0.05) is 36.4 Å². The van der Waals surface area contributed by atoms with Gasteiger partial charge >= 0.3 is 0 Å². The van der Waals surface area contributed by atoms with E-state index in [0.717, 1.165) is 18.2 Å². The molecule has 0 heterocycles. The zero-order chi connectivity index (χ0) is 45.6. The van der Waals surface area contributed by atoms with Crippen LogP contribution in [0.3, 0.4) is 0 Å². The number of phenols is 2. The third-order valence-corrected chi connectivity index (χ3v) is 11.7. The maximum Gasteiger partial charge on any atom is 0.296 e. The SMILES string of the molecule is Nc1ccc2cc(S(=O)(=O)O)c(N=Nc3ccc(-c4ccc(N=Nc5c(S(=O)(=O)[O-])cc6cc(S(=O)(=O)O)c(N=Nc7cccc([N+](=O)[O-])c7)c(N)c6c5O)cc4)cc3)c(O)c2c1. The van der Waals surface area contributed by atoms with Crippen LogP contribution in [0.5, 0.6) is 11.5 Å². The average molecular weight is 913 g/mol. The van der Waals surface area contributed by atoms with E-state index in [1.54, 1.807) is 24.3 Å². The number of azo groups is 3. The lowest BCUT2D eigenvalue weighted by molar-refractivity contribution is -0.384. The second-order valence-corrected chi connectivity index (χ2v) is 17.4. The molecular weight excluding hydrogens is 887 g/mol. The molecule has 7 aromatic rings. The molecule has 0 atom stereocenters. The molecule has 0 spiro atoms. The first-order chi connectivity index (χ1) is 29.6. The highest BCUT2D eigenvalue weighted by molar-refractivity contribution is 7.86. The van der Waals surface area contributed by atoms with Crippen LogP contribution in [-0.2, 0) is 30.4 Å². The summed E-state index contributed by atoms with van der Waals surface area (Å²) in [5, 5.41) is 56.1. The van der Waals surface area contributed by atoms with Gasteiger partial charge in [0.05, 0.1) is 38.0 Å². The Bertz CT molecular complexity index is 3490. The number of benzene rings is 7. The highest BCUT2D eigenvalue weighted by Crippen LogP contribution is 2.48. The van der Waals surface area contributed by atoms with Gasteiger partial charge in [0.15, 0.2) is 11.5 Å². The molecule has 0 aliphatic carbocycles. The number of phenolic OH excluding ortho intramolecular Hbond substituents is 2. The van der Waals surface area contributed by atoms with E-state index >= 15 is 0 Å². The van der Waals surface area contributed by atoms with Gasteiger partial charge in [0.2, 0.25) is 0 Å². The molecule has 25 heteroatoms. The number of nitro benzene ring substituents is 1. The number of nitrogens with zero attached hydrogens (tertiary/aromatic N) is 7. The van der Waals surface area contributed by atoms with Crippen LogP contribution in [0, 0.1) is 10.1 Å². The third-order valence-electron chi connectivity index (χ3n) is 9.12. The molecule has 7 rings (SSSR count). The third kappa shape index (κ3) is 8.98. The summed E-state index contributed by atoms with van der Waals surface area (Å²) in [6.45, 7) is 0. The van der Waals surface area contributed by atoms with Crippen molar-refractivity contribution in [3.63, 3.8) is 0 Å². The molecule has 22 nitrogen and oxygen atoms in total. The van der Waals surface area contributed by atoms with Crippen molar-refractivity contribution in [3.05, 3.63) is 119 Å². The van der Waals surface area contributed by atoms with Gasteiger partial charge in [-0.3, -0.25) is 19.2 Å². The van der Waals surface area contributed by atoms with E-state index in [1.165, 1.54) is 54.6 Å².